The number of esters is 2. The number of hydrogen-bond acceptors (Lipinski definition) is 14. The molecule has 0 saturated heterocycles. The Kier molecular flexibility index (Phi) is 27.6. The van der Waals surface area contributed by atoms with Crippen molar-refractivity contribution in [3.05, 3.63) is 191 Å². The fourth-order valence-electron chi connectivity index (χ4n) is 8.36. The number of aryl methyl sites for hydroxylation is 2. The predicted octanol–water partition coefficient (Wildman–Crippen LogP) is 11.3. The first-order valence-electron chi connectivity index (χ1n) is 28.3. The number of aliphatic hydroxyl groups is 2. The molecule has 2 N–H and O–H groups in total. The number of carbonyl (C=O) groups excluding carboxylic acids is 2. The number of fused-ring (bicyclic) bond motifs is 2. The van der Waals surface area contributed by atoms with Gasteiger partial charge in [-0.15, -0.1) is 38.5 Å². The number of aliphatic hydroxyl groups excluding tert-OH is 2. The highest BCUT2D eigenvalue weighted by molar-refractivity contribution is 6.01. The van der Waals surface area contributed by atoms with Crippen LogP contribution in [-0.2, 0) is 28.7 Å². The smallest absolute Gasteiger partial charge is 0.342 e. The first-order valence-corrected chi connectivity index (χ1v) is 28.3. The zero-order valence-electron chi connectivity index (χ0n) is 49.6. The summed E-state index contributed by atoms with van der Waals surface area (Å²) < 4.78 is 55.4. The summed E-state index contributed by atoms with van der Waals surface area (Å²) >= 11 is 0. The van der Waals surface area contributed by atoms with Crippen LogP contribution in [0.5, 0.6) is 46.0 Å². The Morgan fingerprint density at radius 3 is 1.00 bits per heavy atom. The van der Waals surface area contributed by atoms with Crippen LogP contribution in [0, 0.1) is 74.1 Å². The molecule has 8 rings (SSSR count). The molecule has 0 aromatic heterocycles. The van der Waals surface area contributed by atoms with Crippen LogP contribution in [0.4, 0.5) is 0 Å². The van der Waals surface area contributed by atoms with Gasteiger partial charge < -0.3 is 57.6 Å². The van der Waals surface area contributed by atoms with E-state index in [9.17, 15) is 19.8 Å². The van der Waals surface area contributed by atoms with Crippen molar-refractivity contribution in [3.8, 4) is 120 Å². The summed E-state index contributed by atoms with van der Waals surface area (Å²) in [4.78, 5) is 26.3. The monoisotopic (exact) mass is 1190 g/mol. The average molecular weight is 1190 g/mol. The fraction of sp³-hybridized carbons (Fsp3) is 0.227. The van der Waals surface area contributed by atoms with E-state index in [2.05, 4.69) is 49.4 Å². The van der Waals surface area contributed by atoms with Gasteiger partial charge in [-0.3, -0.25) is 0 Å². The molecule has 89 heavy (non-hydrogen) atoms. The van der Waals surface area contributed by atoms with E-state index in [1.54, 1.807) is 84.9 Å². The van der Waals surface area contributed by atoms with Crippen LogP contribution in [0.3, 0.4) is 0 Å². The first-order chi connectivity index (χ1) is 43.4. The van der Waals surface area contributed by atoms with Crippen LogP contribution in [0.15, 0.2) is 158 Å². The molecule has 14 heteroatoms. The van der Waals surface area contributed by atoms with E-state index in [1.165, 1.54) is 11.1 Å². The van der Waals surface area contributed by atoms with Gasteiger partial charge in [-0.1, -0.05) is 122 Å². The van der Waals surface area contributed by atoms with Crippen LogP contribution >= 0.6 is 0 Å². The maximum absolute atomic E-state index is 13.1. The third-order valence-corrected chi connectivity index (χ3v) is 12.8. The summed E-state index contributed by atoms with van der Waals surface area (Å²) in [6, 6.07) is 47.8. The van der Waals surface area contributed by atoms with E-state index in [1.807, 2.05) is 72.8 Å². The SMILES string of the molecule is C#CCOc1cc2c(OCC#C)cccc2cc1C(=O)OCC(O)COc1ccc(Cc2ccc(OCC(O)COC(=O)c3cc4cccc(OCC#C)c4cc3OCC#C)cc2)cc1.C#CCOc1ccc(CC)cc1.C#CCOc1ccc(CC)cc1. The molecule has 0 saturated carbocycles. The molecule has 0 aliphatic heterocycles. The van der Waals surface area contributed by atoms with E-state index >= 15 is 0 Å². The lowest BCUT2D eigenvalue weighted by Crippen LogP contribution is -2.25. The average Bonchev–Trinajstić information content (AvgIpc) is 3.32. The second-order valence-electron chi connectivity index (χ2n) is 19.2. The second-order valence-corrected chi connectivity index (χ2v) is 19.2. The summed E-state index contributed by atoms with van der Waals surface area (Å²) in [5.41, 5.74) is 4.89. The van der Waals surface area contributed by atoms with Crippen molar-refractivity contribution in [1.29, 1.82) is 0 Å². The third kappa shape index (κ3) is 21.7. The van der Waals surface area contributed by atoms with Crippen molar-refractivity contribution in [3.63, 3.8) is 0 Å². The molecule has 8 aromatic rings. The van der Waals surface area contributed by atoms with Crippen molar-refractivity contribution >= 4 is 33.5 Å². The minimum atomic E-state index is -1.12. The Balaban J connectivity index is 0.000000434. The number of benzene rings is 8. The van der Waals surface area contributed by atoms with Crippen molar-refractivity contribution in [2.75, 3.05) is 66.1 Å². The molecule has 0 amide bonds. The molecule has 0 aliphatic rings. The topological polar surface area (TPSA) is 167 Å². The maximum Gasteiger partial charge on any atom is 0.342 e. The molecular weight excluding hydrogens is 1120 g/mol. The highest BCUT2D eigenvalue weighted by atomic mass is 16.6. The second kappa shape index (κ2) is 36.7. The van der Waals surface area contributed by atoms with Gasteiger partial charge in [-0.2, -0.15) is 0 Å². The van der Waals surface area contributed by atoms with Gasteiger partial charge in [-0.05, 0) is 137 Å². The standard InChI is InChI=1S/C53H44O12.2C11H12O/c1-5-23-58-48-13-9-11-38-28-46(50(30-44(38)48)60-25-7-3)52(56)64-34-40(54)32-62-42-19-15-36(16-20-42)27-37-17-21-43(22-18-37)63-33-41(55)35-65-53(57)47-29-39-12-10-14-49(59-24-6-2)45(39)31-51(47)61-26-8-4;2*1-3-9-12-11-7-5-10(4-2)6-8-11/h1-4,9-22,28-31,40-41,54-55H,23-27,32-35H2;2*1,5-8H,4,9H2,2H3. The molecule has 0 fully saturated rings. The van der Waals surface area contributed by atoms with Crippen LogP contribution in [-0.4, -0.2) is 100 Å². The number of carbonyl (C=O) groups is 2. The quantitative estimate of drug-likeness (QED) is 0.0351. The first kappa shape index (κ1) is 67.0. The van der Waals surface area contributed by atoms with Gasteiger partial charge in [0.25, 0.3) is 0 Å². The Hall–Kier alpha value is -11.1. The molecule has 0 heterocycles. The van der Waals surface area contributed by atoms with Crippen LogP contribution < -0.4 is 37.9 Å². The molecular formula is C75H68O14. The lowest BCUT2D eigenvalue weighted by Gasteiger charge is -2.16. The van der Waals surface area contributed by atoms with E-state index in [4.69, 9.17) is 85.9 Å². The molecule has 0 aliphatic carbocycles. The molecule has 0 radical (unpaired) electrons. The molecule has 2 unspecified atom stereocenters. The Morgan fingerprint density at radius 1 is 0.371 bits per heavy atom. The summed E-state index contributed by atoms with van der Waals surface area (Å²) in [6.07, 6.45) is 32.1. The zero-order valence-corrected chi connectivity index (χ0v) is 49.6. The van der Waals surface area contributed by atoms with Gasteiger partial charge in [0.2, 0.25) is 0 Å². The predicted molar refractivity (Wildman–Crippen MR) is 345 cm³/mol. The van der Waals surface area contributed by atoms with Gasteiger partial charge in [0.1, 0.15) is 135 Å². The minimum Gasteiger partial charge on any atom is -0.491 e. The van der Waals surface area contributed by atoms with Gasteiger partial charge >= 0.3 is 11.9 Å². The molecule has 452 valence electrons. The molecule has 8 aromatic carbocycles. The van der Waals surface area contributed by atoms with Crippen LogP contribution in [0.1, 0.15) is 56.8 Å². The van der Waals surface area contributed by atoms with Gasteiger partial charge in [0.15, 0.2) is 0 Å². The van der Waals surface area contributed by atoms with E-state index in [0.717, 1.165) is 35.5 Å². The maximum atomic E-state index is 13.1. The minimum absolute atomic E-state index is 0.0667. The highest BCUT2D eigenvalue weighted by Crippen LogP contribution is 2.35. The van der Waals surface area contributed by atoms with Crippen molar-refractivity contribution in [1.82, 2.24) is 0 Å². The summed E-state index contributed by atoms with van der Waals surface area (Å²) in [5.74, 6) is 17.2. The zero-order chi connectivity index (χ0) is 63.6. The van der Waals surface area contributed by atoms with Gasteiger partial charge in [0, 0.05) is 10.8 Å². The molecule has 14 nitrogen and oxygen atoms in total. The highest BCUT2D eigenvalue weighted by Gasteiger charge is 2.21. The van der Waals surface area contributed by atoms with Crippen LogP contribution in [0.25, 0.3) is 21.5 Å². The summed E-state index contributed by atoms with van der Waals surface area (Å²) in [5, 5.41) is 23.9. The van der Waals surface area contributed by atoms with E-state index in [-0.39, 0.29) is 75.5 Å². The molecule has 0 spiro atoms. The fourth-order valence-corrected chi connectivity index (χ4v) is 8.36. The molecule has 0 bridgehead atoms. The van der Waals surface area contributed by atoms with Crippen molar-refractivity contribution in [2.24, 2.45) is 0 Å². The van der Waals surface area contributed by atoms with E-state index in [0.29, 0.717) is 64.2 Å². The third-order valence-electron chi connectivity index (χ3n) is 12.8. The largest absolute Gasteiger partial charge is 0.491 e. The lowest BCUT2D eigenvalue weighted by molar-refractivity contribution is 0.0125. The number of ether oxygens (including phenoxy) is 10. The van der Waals surface area contributed by atoms with Crippen LogP contribution in [0.2, 0.25) is 0 Å². The Morgan fingerprint density at radius 2 is 0.674 bits per heavy atom. The number of terminal acetylenes is 6. The normalized spacial score (nSPS) is 10.8. The number of hydrogen-bond donors (Lipinski definition) is 2. The lowest BCUT2D eigenvalue weighted by atomic mass is 10.0. The van der Waals surface area contributed by atoms with Crippen molar-refractivity contribution < 1.29 is 67.2 Å². The summed E-state index contributed by atoms with van der Waals surface area (Å²) in [6.45, 7) is 3.98. The Bertz CT molecular complexity index is 3580. The number of rotatable bonds is 28. The van der Waals surface area contributed by atoms with Gasteiger partial charge in [-0.25, -0.2) is 9.59 Å². The Labute approximate surface area is 520 Å². The summed E-state index contributed by atoms with van der Waals surface area (Å²) in [7, 11) is 0. The van der Waals surface area contributed by atoms with Gasteiger partial charge in [0.05, 0.1) is 0 Å². The van der Waals surface area contributed by atoms with Crippen molar-refractivity contribution in [2.45, 2.75) is 45.3 Å². The van der Waals surface area contributed by atoms with E-state index < -0.39 is 24.1 Å². The molecule has 2 atom stereocenters.